The van der Waals surface area contributed by atoms with E-state index in [1.54, 1.807) is 0 Å². The maximum Gasteiger partial charge on any atom is 0.118 e. The number of benzene rings is 1. The third-order valence-corrected chi connectivity index (χ3v) is 3.20. The van der Waals surface area contributed by atoms with Crippen LogP contribution in [0, 0.1) is 13.8 Å². The van der Waals surface area contributed by atoms with E-state index in [0.29, 0.717) is 11.8 Å². The number of aromatic hydroxyl groups is 1. The zero-order valence-corrected chi connectivity index (χ0v) is 10.0. The van der Waals surface area contributed by atoms with Crippen LogP contribution in [-0.2, 0) is 0 Å². The summed E-state index contributed by atoms with van der Waals surface area (Å²) in [7, 11) is 0. The van der Waals surface area contributed by atoms with Crippen molar-refractivity contribution in [2.45, 2.75) is 32.7 Å². The topological polar surface area (TPSA) is 44.3 Å². The lowest BCUT2D eigenvalue weighted by molar-refractivity contribution is 0.469. The van der Waals surface area contributed by atoms with E-state index < -0.39 is 0 Å². The minimum absolute atomic E-state index is 0.379. The zero-order valence-electron chi connectivity index (χ0n) is 10.0. The second-order valence-electron chi connectivity index (χ2n) is 4.64. The van der Waals surface area contributed by atoms with Crippen LogP contribution in [0.2, 0.25) is 0 Å². The van der Waals surface area contributed by atoms with Gasteiger partial charge in [0.1, 0.15) is 5.75 Å². The Kier molecular flexibility index (Phi) is 3.34. The van der Waals surface area contributed by atoms with Gasteiger partial charge in [0.15, 0.2) is 0 Å². The van der Waals surface area contributed by atoms with Crippen molar-refractivity contribution in [3.05, 3.63) is 23.3 Å². The first-order chi connectivity index (χ1) is 7.66. The molecule has 0 radical (unpaired) electrons. The van der Waals surface area contributed by atoms with Crippen molar-refractivity contribution in [3.8, 4) is 5.75 Å². The second kappa shape index (κ2) is 4.74. The summed E-state index contributed by atoms with van der Waals surface area (Å²) >= 11 is 0. The number of hydrogen-bond donors (Lipinski definition) is 3. The van der Waals surface area contributed by atoms with Gasteiger partial charge in [-0.15, -0.1) is 0 Å². The Labute approximate surface area is 96.9 Å². The predicted octanol–water partition coefficient (Wildman–Crippen LogP) is 2.17. The fourth-order valence-electron chi connectivity index (χ4n) is 2.15. The highest BCUT2D eigenvalue weighted by Gasteiger charge is 2.13. The lowest BCUT2D eigenvalue weighted by Crippen LogP contribution is -2.38. The van der Waals surface area contributed by atoms with E-state index in [4.69, 9.17) is 0 Å². The lowest BCUT2D eigenvalue weighted by Gasteiger charge is -2.26. The summed E-state index contributed by atoms with van der Waals surface area (Å²) in [6.45, 7) is 6.11. The Balaban J connectivity index is 2.11. The molecule has 0 spiro atoms. The summed E-state index contributed by atoms with van der Waals surface area (Å²) < 4.78 is 0. The van der Waals surface area contributed by atoms with Crippen LogP contribution < -0.4 is 10.6 Å². The third kappa shape index (κ3) is 2.47. The molecular weight excluding hydrogens is 200 g/mol. The molecule has 1 aromatic rings. The molecule has 1 aliphatic heterocycles. The summed E-state index contributed by atoms with van der Waals surface area (Å²) in [6, 6.07) is 4.36. The molecule has 1 saturated heterocycles. The molecule has 0 amide bonds. The zero-order chi connectivity index (χ0) is 11.5. The first-order valence-electron chi connectivity index (χ1n) is 5.94. The van der Waals surface area contributed by atoms with Gasteiger partial charge in [0.25, 0.3) is 0 Å². The Hall–Kier alpha value is -1.22. The van der Waals surface area contributed by atoms with Gasteiger partial charge in [0.05, 0.1) is 0 Å². The molecule has 1 fully saturated rings. The molecule has 0 aliphatic carbocycles. The fourth-order valence-corrected chi connectivity index (χ4v) is 2.15. The Bertz CT molecular complexity index is 370. The van der Waals surface area contributed by atoms with Gasteiger partial charge in [-0.25, -0.2) is 0 Å². The standard InChI is InChI=1S/C13H20N2O/c1-9-7-13(16)10(2)6-12(9)15-11-4-3-5-14-8-11/h6-7,11,14-16H,3-5,8H2,1-2H3. The van der Waals surface area contributed by atoms with E-state index in [1.165, 1.54) is 12.8 Å². The Morgan fingerprint density at radius 2 is 2.12 bits per heavy atom. The highest BCUT2D eigenvalue weighted by atomic mass is 16.3. The van der Waals surface area contributed by atoms with E-state index in [0.717, 1.165) is 29.9 Å². The van der Waals surface area contributed by atoms with Crippen LogP contribution in [0.25, 0.3) is 0 Å². The second-order valence-corrected chi connectivity index (χ2v) is 4.64. The maximum atomic E-state index is 9.59. The number of phenols is 1. The summed E-state index contributed by atoms with van der Waals surface area (Å²) in [5.74, 6) is 0.379. The van der Waals surface area contributed by atoms with Crippen molar-refractivity contribution < 1.29 is 5.11 Å². The van der Waals surface area contributed by atoms with Crippen molar-refractivity contribution in [2.24, 2.45) is 0 Å². The van der Waals surface area contributed by atoms with Gasteiger partial charge in [-0.05, 0) is 56.5 Å². The molecule has 2 rings (SSSR count). The van der Waals surface area contributed by atoms with Gasteiger partial charge in [-0.1, -0.05) is 0 Å². The van der Waals surface area contributed by atoms with E-state index >= 15 is 0 Å². The van der Waals surface area contributed by atoms with Crippen LogP contribution in [-0.4, -0.2) is 24.2 Å². The molecule has 3 nitrogen and oxygen atoms in total. The molecule has 1 aromatic carbocycles. The number of nitrogens with one attached hydrogen (secondary N) is 2. The lowest BCUT2D eigenvalue weighted by atomic mass is 10.0. The molecule has 1 unspecified atom stereocenters. The van der Waals surface area contributed by atoms with Gasteiger partial charge in [0.2, 0.25) is 0 Å². The molecule has 0 aromatic heterocycles. The number of aryl methyl sites for hydroxylation is 2. The number of piperidine rings is 1. The average molecular weight is 220 g/mol. The smallest absolute Gasteiger partial charge is 0.118 e. The average Bonchev–Trinajstić information content (AvgIpc) is 2.27. The number of anilines is 1. The van der Waals surface area contributed by atoms with Crippen LogP contribution in [0.5, 0.6) is 5.75 Å². The molecule has 88 valence electrons. The highest BCUT2D eigenvalue weighted by molar-refractivity contribution is 5.57. The van der Waals surface area contributed by atoms with Crippen LogP contribution in [0.15, 0.2) is 12.1 Å². The summed E-state index contributed by atoms with van der Waals surface area (Å²) in [6.07, 6.45) is 2.44. The molecule has 0 bridgehead atoms. The van der Waals surface area contributed by atoms with Gasteiger partial charge < -0.3 is 15.7 Å². The first kappa shape index (κ1) is 11.3. The van der Waals surface area contributed by atoms with Crippen molar-refractivity contribution >= 4 is 5.69 Å². The number of rotatable bonds is 2. The summed E-state index contributed by atoms with van der Waals surface area (Å²) in [4.78, 5) is 0. The van der Waals surface area contributed by atoms with E-state index in [2.05, 4.69) is 10.6 Å². The summed E-state index contributed by atoms with van der Waals surface area (Å²) in [5, 5.41) is 16.5. The van der Waals surface area contributed by atoms with Gasteiger partial charge in [-0.3, -0.25) is 0 Å². The van der Waals surface area contributed by atoms with Crippen LogP contribution >= 0.6 is 0 Å². The molecule has 1 atom stereocenters. The van der Waals surface area contributed by atoms with Gasteiger partial charge in [-0.2, -0.15) is 0 Å². The highest BCUT2D eigenvalue weighted by Crippen LogP contribution is 2.26. The first-order valence-corrected chi connectivity index (χ1v) is 5.94. The largest absolute Gasteiger partial charge is 0.508 e. The summed E-state index contributed by atoms with van der Waals surface area (Å²) in [5.41, 5.74) is 3.18. The van der Waals surface area contributed by atoms with Crippen molar-refractivity contribution in [1.82, 2.24) is 5.32 Å². The monoisotopic (exact) mass is 220 g/mol. The maximum absolute atomic E-state index is 9.59. The fraction of sp³-hybridized carbons (Fsp3) is 0.538. The minimum atomic E-state index is 0.379. The molecule has 1 heterocycles. The molecular formula is C13H20N2O. The Morgan fingerprint density at radius 3 is 2.81 bits per heavy atom. The van der Waals surface area contributed by atoms with E-state index in [9.17, 15) is 5.11 Å². The normalized spacial score (nSPS) is 20.8. The van der Waals surface area contributed by atoms with Crippen LogP contribution in [0.4, 0.5) is 5.69 Å². The molecule has 3 heteroatoms. The number of phenolic OH excluding ortho intramolecular Hbond substituents is 1. The van der Waals surface area contributed by atoms with Crippen LogP contribution in [0.1, 0.15) is 24.0 Å². The van der Waals surface area contributed by atoms with Gasteiger partial charge >= 0.3 is 0 Å². The van der Waals surface area contributed by atoms with Crippen molar-refractivity contribution in [2.75, 3.05) is 18.4 Å². The predicted molar refractivity (Wildman–Crippen MR) is 67.1 cm³/mol. The third-order valence-electron chi connectivity index (χ3n) is 3.20. The SMILES string of the molecule is Cc1cc(NC2CCCNC2)c(C)cc1O. The van der Waals surface area contributed by atoms with E-state index in [-0.39, 0.29) is 0 Å². The molecule has 3 N–H and O–H groups in total. The Morgan fingerprint density at radius 1 is 1.31 bits per heavy atom. The van der Waals surface area contributed by atoms with Crippen LogP contribution in [0.3, 0.4) is 0 Å². The van der Waals surface area contributed by atoms with Crippen molar-refractivity contribution in [3.63, 3.8) is 0 Å². The van der Waals surface area contributed by atoms with E-state index in [1.807, 2.05) is 26.0 Å². The van der Waals surface area contributed by atoms with Gasteiger partial charge in [0, 0.05) is 18.3 Å². The molecule has 16 heavy (non-hydrogen) atoms. The molecule has 0 saturated carbocycles. The minimum Gasteiger partial charge on any atom is -0.508 e. The van der Waals surface area contributed by atoms with Crippen molar-refractivity contribution in [1.29, 1.82) is 0 Å². The number of hydrogen-bond acceptors (Lipinski definition) is 3. The quantitative estimate of drug-likeness (QED) is 0.669. The molecule has 1 aliphatic rings.